The minimum Gasteiger partial charge on any atom is -0.321 e. The summed E-state index contributed by atoms with van der Waals surface area (Å²) >= 11 is 5.79. The van der Waals surface area contributed by atoms with Crippen molar-refractivity contribution in [2.24, 2.45) is 7.05 Å². The number of nitrogens with one attached hydrogen (secondary N) is 2. The lowest BCUT2D eigenvalue weighted by molar-refractivity contribution is 0.101. The standard InChI is InChI=1S/C25H19ClF2N6O3S/c1-14-20(27)4-3-5-23(14)34-13-17(12-29-34)38(36,37)32-16-6-8-18-22(11-16)31-33(2)24(18)25(35)30-15-7-9-21(28)19(26)10-15/h3-13,32H,1-2H3,(H,30,35). The highest BCUT2D eigenvalue weighted by Crippen LogP contribution is 2.26. The van der Waals surface area contributed by atoms with Crippen LogP contribution in [0.15, 0.2) is 71.9 Å². The second-order valence-electron chi connectivity index (χ2n) is 8.40. The van der Waals surface area contributed by atoms with Gasteiger partial charge in [-0.1, -0.05) is 17.7 Å². The molecule has 0 aliphatic heterocycles. The Kier molecular flexibility index (Phi) is 6.37. The topological polar surface area (TPSA) is 111 Å². The van der Waals surface area contributed by atoms with Crippen molar-refractivity contribution in [1.29, 1.82) is 0 Å². The van der Waals surface area contributed by atoms with Crippen LogP contribution in [-0.2, 0) is 17.1 Å². The Hall–Kier alpha value is -4.29. The summed E-state index contributed by atoms with van der Waals surface area (Å²) in [6.07, 6.45) is 2.45. The molecule has 0 aliphatic carbocycles. The third-order valence-electron chi connectivity index (χ3n) is 5.83. The van der Waals surface area contributed by atoms with Gasteiger partial charge in [-0.2, -0.15) is 10.2 Å². The van der Waals surface area contributed by atoms with Crippen molar-refractivity contribution in [3.8, 4) is 5.69 Å². The molecule has 2 N–H and O–H groups in total. The summed E-state index contributed by atoms with van der Waals surface area (Å²) in [5.41, 5.74) is 1.82. The average Bonchev–Trinajstić information content (AvgIpc) is 3.47. The van der Waals surface area contributed by atoms with E-state index in [0.717, 1.165) is 12.3 Å². The summed E-state index contributed by atoms with van der Waals surface area (Å²) in [7, 11) is -2.48. The van der Waals surface area contributed by atoms with Gasteiger partial charge in [0.1, 0.15) is 22.2 Å². The Morgan fingerprint density at radius 2 is 1.79 bits per heavy atom. The lowest BCUT2D eigenvalue weighted by Crippen LogP contribution is -2.16. The summed E-state index contributed by atoms with van der Waals surface area (Å²) in [4.78, 5) is 12.8. The molecule has 2 aromatic heterocycles. The number of amides is 1. The molecule has 9 nitrogen and oxygen atoms in total. The Morgan fingerprint density at radius 1 is 1.03 bits per heavy atom. The molecule has 0 saturated heterocycles. The van der Waals surface area contributed by atoms with Crippen LogP contribution in [0.5, 0.6) is 0 Å². The van der Waals surface area contributed by atoms with Crippen LogP contribution in [0.4, 0.5) is 20.2 Å². The van der Waals surface area contributed by atoms with Gasteiger partial charge in [-0.15, -0.1) is 0 Å². The first-order valence-electron chi connectivity index (χ1n) is 11.1. The van der Waals surface area contributed by atoms with Gasteiger partial charge in [0, 0.05) is 23.7 Å². The number of hydrogen-bond acceptors (Lipinski definition) is 5. The van der Waals surface area contributed by atoms with Crippen LogP contribution in [0.1, 0.15) is 16.1 Å². The maximum atomic E-state index is 13.9. The van der Waals surface area contributed by atoms with Gasteiger partial charge in [0.2, 0.25) is 0 Å². The van der Waals surface area contributed by atoms with E-state index in [9.17, 15) is 22.0 Å². The Labute approximate surface area is 220 Å². The molecule has 0 unspecified atom stereocenters. The number of carbonyl (C=O) groups excluding carboxylic acids is 1. The molecule has 1 amide bonds. The quantitative estimate of drug-likeness (QED) is 0.304. The maximum Gasteiger partial charge on any atom is 0.274 e. The van der Waals surface area contributed by atoms with Crippen LogP contribution in [0.2, 0.25) is 5.02 Å². The number of carbonyl (C=O) groups is 1. The number of aryl methyl sites for hydroxylation is 1. The molecule has 3 aromatic carbocycles. The van der Waals surface area contributed by atoms with E-state index in [-0.39, 0.29) is 21.3 Å². The van der Waals surface area contributed by atoms with Crippen LogP contribution in [-0.4, -0.2) is 33.9 Å². The zero-order valence-electron chi connectivity index (χ0n) is 19.9. The number of benzene rings is 3. The van der Waals surface area contributed by atoms with Crippen molar-refractivity contribution in [1.82, 2.24) is 19.6 Å². The Bertz CT molecular complexity index is 1830. The first-order chi connectivity index (χ1) is 18.0. The lowest BCUT2D eigenvalue weighted by atomic mass is 10.2. The van der Waals surface area contributed by atoms with Crippen molar-refractivity contribution in [2.45, 2.75) is 11.8 Å². The van der Waals surface area contributed by atoms with Gasteiger partial charge in [-0.25, -0.2) is 21.9 Å². The molecule has 38 heavy (non-hydrogen) atoms. The fraction of sp³-hybridized carbons (Fsp3) is 0.0800. The maximum absolute atomic E-state index is 13.9. The highest BCUT2D eigenvalue weighted by molar-refractivity contribution is 7.92. The molecule has 0 aliphatic rings. The predicted molar refractivity (Wildman–Crippen MR) is 139 cm³/mol. The van der Waals surface area contributed by atoms with Gasteiger partial charge in [0.25, 0.3) is 15.9 Å². The van der Waals surface area contributed by atoms with E-state index in [4.69, 9.17) is 11.6 Å². The lowest BCUT2D eigenvalue weighted by Gasteiger charge is -2.08. The van der Waals surface area contributed by atoms with Gasteiger partial charge in [0.05, 0.1) is 34.3 Å². The van der Waals surface area contributed by atoms with E-state index >= 15 is 0 Å². The average molecular weight is 557 g/mol. The van der Waals surface area contributed by atoms with Crippen molar-refractivity contribution >= 4 is 49.8 Å². The van der Waals surface area contributed by atoms with Crippen LogP contribution in [0.3, 0.4) is 0 Å². The van der Waals surface area contributed by atoms with Crippen molar-refractivity contribution in [3.63, 3.8) is 0 Å². The second kappa shape index (κ2) is 9.54. The van der Waals surface area contributed by atoms with Gasteiger partial charge in [-0.3, -0.25) is 14.2 Å². The molecule has 13 heteroatoms. The summed E-state index contributed by atoms with van der Waals surface area (Å²) in [5, 5.41) is 11.4. The van der Waals surface area contributed by atoms with Crippen molar-refractivity contribution < 1.29 is 22.0 Å². The summed E-state index contributed by atoms with van der Waals surface area (Å²) in [5.74, 6) is -1.55. The Balaban J connectivity index is 1.39. The number of fused-ring (bicyclic) bond motifs is 1. The molecule has 0 radical (unpaired) electrons. The van der Waals surface area contributed by atoms with Gasteiger partial charge in [-0.05, 0) is 55.5 Å². The minimum absolute atomic E-state index is 0.125. The Morgan fingerprint density at radius 3 is 2.55 bits per heavy atom. The van der Waals surface area contributed by atoms with Crippen LogP contribution >= 0.6 is 11.6 Å². The first kappa shape index (κ1) is 25.4. The van der Waals surface area contributed by atoms with E-state index in [1.165, 1.54) is 52.0 Å². The molecule has 0 spiro atoms. The smallest absolute Gasteiger partial charge is 0.274 e. The molecular weight excluding hydrogens is 538 g/mol. The van der Waals surface area contributed by atoms with Gasteiger partial charge >= 0.3 is 0 Å². The SMILES string of the molecule is Cc1c(F)cccc1-n1cc(S(=O)(=O)Nc2ccc3c(C(=O)Nc4ccc(F)c(Cl)c4)n(C)nc3c2)cn1. The highest BCUT2D eigenvalue weighted by atomic mass is 35.5. The van der Waals surface area contributed by atoms with Crippen LogP contribution < -0.4 is 10.0 Å². The van der Waals surface area contributed by atoms with E-state index in [2.05, 4.69) is 20.2 Å². The third kappa shape index (κ3) is 4.71. The van der Waals surface area contributed by atoms with Crippen LogP contribution in [0.25, 0.3) is 16.6 Å². The number of hydrogen-bond donors (Lipinski definition) is 2. The number of nitrogens with zero attached hydrogens (tertiary/aromatic N) is 4. The largest absolute Gasteiger partial charge is 0.321 e. The second-order valence-corrected chi connectivity index (χ2v) is 10.5. The summed E-state index contributed by atoms with van der Waals surface area (Å²) < 4.78 is 58.5. The van der Waals surface area contributed by atoms with Crippen LogP contribution in [0, 0.1) is 18.6 Å². The molecule has 2 heterocycles. The van der Waals surface area contributed by atoms with E-state index in [1.807, 2.05) is 0 Å². The number of sulfonamides is 1. The summed E-state index contributed by atoms with van der Waals surface area (Å²) in [6, 6.07) is 12.8. The predicted octanol–water partition coefficient (Wildman–Crippen LogP) is 5.05. The molecule has 0 saturated carbocycles. The number of halogens is 3. The number of anilines is 2. The highest BCUT2D eigenvalue weighted by Gasteiger charge is 2.21. The molecule has 5 aromatic rings. The molecular formula is C25H19ClF2N6O3S. The van der Waals surface area contributed by atoms with Gasteiger partial charge < -0.3 is 5.32 Å². The fourth-order valence-corrected chi connectivity index (χ4v) is 5.09. The molecule has 0 bridgehead atoms. The number of aromatic nitrogens is 4. The molecule has 194 valence electrons. The minimum atomic E-state index is -4.04. The van der Waals surface area contributed by atoms with Gasteiger partial charge in [0.15, 0.2) is 0 Å². The normalized spacial score (nSPS) is 11.6. The number of rotatable bonds is 6. The van der Waals surface area contributed by atoms with E-state index in [0.29, 0.717) is 27.8 Å². The van der Waals surface area contributed by atoms with E-state index < -0.39 is 27.6 Å². The van der Waals surface area contributed by atoms with Crippen molar-refractivity contribution in [2.75, 3.05) is 10.0 Å². The zero-order valence-corrected chi connectivity index (χ0v) is 21.5. The first-order valence-corrected chi connectivity index (χ1v) is 13.0. The molecule has 0 atom stereocenters. The van der Waals surface area contributed by atoms with E-state index in [1.54, 1.807) is 26.1 Å². The zero-order chi connectivity index (χ0) is 27.2. The monoisotopic (exact) mass is 556 g/mol. The fourth-order valence-electron chi connectivity index (χ4n) is 3.93. The van der Waals surface area contributed by atoms with Crippen molar-refractivity contribution in [3.05, 3.63) is 94.9 Å². The molecule has 5 rings (SSSR count). The third-order valence-corrected chi connectivity index (χ3v) is 7.46. The summed E-state index contributed by atoms with van der Waals surface area (Å²) in [6.45, 7) is 1.57. The molecule has 0 fully saturated rings.